The van der Waals surface area contributed by atoms with Crippen molar-refractivity contribution in [3.05, 3.63) is 72.4 Å². The van der Waals surface area contributed by atoms with Gasteiger partial charge in [-0.25, -0.2) is 4.52 Å². The van der Waals surface area contributed by atoms with Gasteiger partial charge < -0.3 is 20.7 Å². The first kappa shape index (κ1) is 23.6. The molecule has 186 valence electrons. The lowest BCUT2D eigenvalue weighted by Crippen LogP contribution is -2.42. The average molecular weight is 496 g/mol. The molecule has 1 aliphatic rings. The highest BCUT2D eigenvalue weighted by Gasteiger charge is 2.31. The van der Waals surface area contributed by atoms with Gasteiger partial charge in [0.25, 0.3) is 5.91 Å². The van der Waals surface area contributed by atoms with Crippen molar-refractivity contribution in [3.8, 4) is 16.9 Å². The lowest BCUT2D eigenvalue weighted by molar-refractivity contribution is -0.274. The van der Waals surface area contributed by atoms with Crippen LogP contribution in [0.15, 0.2) is 66.9 Å². The molecule has 0 atom stereocenters. The molecular weight excluding hydrogens is 473 g/mol. The Morgan fingerprint density at radius 3 is 2.58 bits per heavy atom. The summed E-state index contributed by atoms with van der Waals surface area (Å²) >= 11 is 0. The minimum absolute atomic E-state index is 0.110. The van der Waals surface area contributed by atoms with Gasteiger partial charge in [0.2, 0.25) is 5.95 Å². The molecule has 2 aromatic heterocycles. The highest BCUT2D eigenvalue weighted by molar-refractivity contribution is 5.94. The standard InChI is InChI=1S/C25H23F3N6O2/c26-25(27,28)36-20-4-1-3-17(15-20)21-5-2-14-34-22(21)32-24(33-34)31-18-8-6-16(7-9-18)23(35)30-19-10-12-29-13-11-19/h1-9,14-15,19,29H,10-13H2,(H,30,35)(H,31,33). The van der Waals surface area contributed by atoms with Gasteiger partial charge in [-0.1, -0.05) is 12.1 Å². The van der Waals surface area contributed by atoms with E-state index in [4.69, 9.17) is 0 Å². The summed E-state index contributed by atoms with van der Waals surface area (Å²) in [5, 5.41) is 13.8. The molecule has 1 amide bonds. The van der Waals surface area contributed by atoms with Gasteiger partial charge in [-0.05, 0) is 80.0 Å². The van der Waals surface area contributed by atoms with E-state index in [9.17, 15) is 18.0 Å². The summed E-state index contributed by atoms with van der Waals surface area (Å²) in [6.07, 6.45) is -1.26. The van der Waals surface area contributed by atoms with Crippen LogP contribution in [0.2, 0.25) is 0 Å². The van der Waals surface area contributed by atoms with Gasteiger partial charge in [0.1, 0.15) is 5.75 Å². The number of nitrogens with zero attached hydrogens (tertiary/aromatic N) is 3. The number of carbonyl (C=O) groups excluding carboxylic acids is 1. The molecule has 5 rings (SSSR count). The molecule has 3 heterocycles. The molecule has 1 fully saturated rings. The van der Waals surface area contributed by atoms with Crippen LogP contribution in [0.4, 0.5) is 24.8 Å². The number of alkyl halides is 3. The molecule has 0 bridgehead atoms. The first-order valence-corrected chi connectivity index (χ1v) is 11.4. The Morgan fingerprint density at radius 1 is 1.06 bits per heavy atom. The Hall–Kier alpha value is -4.12. The van der Waals surface area contributed by atoms with E-state index in [1.54, 1.807) is 48.7 Å². The van der Waals surface area contributed by atoms with E-state index < -0.39 is 6.36 Å². The summed E-state index contributed by atoms with van der Waals surface area (Å²) in [6, 6.07) is 16.3. The molecule has 0 unspecified atom stereocenters. The number of nitrogens with one attached hydrogen (secondary N) is 3. The second-order valence-electron chi connectivity index (χ2n) is 8.40. The first-order valence-electron chi connectivity index (χ1n) is 11.4. The average Bonchev–Trinajstić information content (AvgIpc) is 3.27. The third-order valence-corrected chi connectivity index (χ3v) is 5.82. The highest BCUT2D eigenvalue weighted by Crippen LogP contribution is 2.30. The number of piperidine rings is 1. The van der Waals surface area contributed by atoms with E-state index in [-0.39, 0.29) is 17.7 Å². The van der Waals surface area contributed by atoms with Crippen LogP contribution in [0.3, 0.4) is 0 Å². The number of anilines is 2. The molecule has 11 heteroatoms. The van der Waals surface area contributed by atoms with Crippen molar-refractivity contribution in [2.45, 2.75) is 25.2 Å². The van der Waals surface area contributed by atoms with Gasteiger partial charge in [-0.15, -0.1) is 18.3 Å². The maximum atomic E-state index is 12.6. The normalized spacial score (nSPS) is 14.5. The van der Waals surface area contributed by atoms with E-state index in [0.717, 1.165) is 25.9 Å². The van der Waals surface area contributed by atoms with Gasteiger partial charge >= 0.3 is 6.36 Å². The van der Waals surface area contributed by atoms with Gasteiger partial charge in [0.15, 0.2) is 5.65 Å². The van der Waals surface area contributed by atoms with Crippen LogP contribution in [-0.2, 0) is 0 Å². The highest BCUT2D eigenvalue weighted by atomic mass is 19.4. The van der Waals surface area contributed by atoms with Crippen LogP contribution in [0.25, 0.3) is 16.8 Å². The van der Waals surface area contributed by atoms with Gasteiger partial charge in [-0.3, -0.25) is 4.79 Å². The fourth-order valence-corrected chi connectivity index (χ4v) is 4.11. The number of fused-ring (bicyclic) bond motifs is 1. The fourth-order valence-electron chi connectivity index (χ4n) is 4.11. The van der Waals surface area contributed by atoms with E-state index in [0.29, 0.717) is 34.0 Å². The molecule has 0 spiro atoms. The number of ether oxygens (including phenoxy) is 1. The van der Waals surface area contributed by atoms with Crippen LogP contribution in [0.1, 0.15) is 23.2 Å². The molecule has 0 saturated carbocycles. The number of carbonyl (C=O) groups is 1. The molecule has 36 heavy (non-hydrogen) atoms. The number of hydrogen-bond acceptors (Lipinski definition) is 6. The third kappa shape index (κ3) is 5.57. The predicted molar refractivity (Wildman–Crippen MR) is 128 cm³/mol. The molecule has 1 aliphatic heterocycles. The maximum Gasteiger partial charge on any atom is 0.573 e. The van der Waals surface area contributed by atoms with Crippen molar-refractivity contribution < 1.29 is 22.7 Å². The summed E-state index contributed by atoms with van der Waals surface area (Å²) in [5.41, 5.74) is 2.81. The number of rotatable bonds is 6. The SMILES string of the molecule is O=C(NC1CCNCC1)c1ccc(Nc2nc3c(-c4cccc(OC(F)(F)F)c4)cccn3n2)cc1. The van der Waals surface area contributed by atoms with E-state index in [2.05, 4.69) is 30.8 Å². The molecule has 3 N–H and O–H groups in total. The second-order valence-corrected chi connectivity index (χ2v) is 8.40. The quantitative estimate of drug-likeness (QED) is 0.364. The zero-order valence-electron chi connectivity index (χ0n) is 19.0. The lowest BCUT2D eigenvalue weighted by Gasteiger charge is -2.23. The van der Waals surface area contributed by atoms with Crippen LogP contribution in [0.5, 0.6) is 5.75 Å². The lowest BCUT2D eigenvalue weighted by atomic mass is 10.1. The molecular formula is C25H23F3N6O2. The predicted octanol–water partition coefficient (Wildman–Crippen LogP) is 4.52. The summed E-state index contributed by atoms with van der Waals surface area (Å²) in [5.74, 6) is -0.123. The minimum atomic E-state index is -4.78. The van der Waals surface area contributed by atoms with E-state index >= 15 is 0 Å². The van der Waals surface area contributed by atoms with Crippen molar-refractivity contribution >= 4 is 23.2 Å². The van der Waals surface area contributed by atoms with Gasteiger partial charge in [0.05, 0.1) is 0 Å². The number of amides is 1. The van der Waals surface area contributed by atoms with E-state index in [1.165, 1.54) is 22.7 Å². The van der Waals surface area contributed by atoms with Gasteiger partial charge in [0, 0.05) is 29.1 Å². The summed E-state index contributed by atoms with van der Waals surface area (Å²) in [6.45, 7) is 1.79. The Balaban J connectivity index is 1.32. The van der Waals surface area contributed by atoms with Crippen LogP contribution >= 0.6 is 0 Å². The zero-order chi connectivity index (χ0) is 25.1. The van der Waals surface area contributed by atoms with Crippen molar-refractivity contribution in [1.29, 1.82) is 0 Å². The summed E-state index contributed by atoms with van der Waals surface area (Å²) in [4.78, 5) is 17.0. The minimum Gasteiger partial charge on any atom is -0.406 e. The Kier molecular flexibility index (Phi) is 6.47. The molecule has 4 aromatic rings. The molecule has 0 radical (unpaired) electrons. The molecule has 1 saturated heterocycles. The maximum absolute atomic E-state index is 12.6. The topological polar surface area (TPSA) is 92.6 Å². The number of pyridine rings is 1. The molecule has 2 aromatic carbocycles. The molecule has 8 nitrogen and oxygen atoms in total. The fraction of sp³-hybridized carbons (Fsp3) is 0.240. The number of aromatic nitrogens is 3. The van der Waals surface area contributed by atoms with Crippen molar-refractivity contribution in [2.24, 2.45) is 0 Å². The molecule has 0 aliphatic carbocycles. The first-order chi connectivity index (χ1) is 17.3. The van der Waals surface area contributed by atoms with Crippen LogP contribution < -0.4 is 20.7 Å². The summed E-state index contributed by atoms with van der Waals surface area (Å²) < 4.78 is 43.5. The van der Waals surface area contributed by atoms with Crippen molar-refractivity contribution in [2.75, 3.05) is 18.4 Å². The zero-order valence-corrected chi connectivity index (χ0v) is 19.0. The second kappa shape index (κ2) is 9.86. The Morgan fingerprint density at radius 2 is 1.83 bits per heavy atom. The van der Waals surface area contributed by atoms with Crippen LogP contribution in [0, 0.1) is 0 Å². The Labute approximate surface area is 204 Å². The largest absolute Gasteiger partial charge is 0.573 e. The van der Waals surface area contributed by atoms with E-state index in [1.807, 2.05) is 0 Å². The number of hydrogen-bond donors (Lipinski definition) is 3. The van der Waals surface area contributed by atoms with Crippen molar-refractivity contribution in [1.82, 2.24) is 25.2 Å². The van der Waals surface area contributed by atoms with Crippen molar-refractivity contribution in [3.63, 3.8) is 0 Å². The van der Waals surface area contributed by atoms with Gasteiger partial charge in [-0.2, -0.15) is 4.98 Å². The number of halogens is 3. The summed E-state index contributed by atoms with van der Waals surface area (Å²) in [7, 11) is 0. The smallest absolute Gasteiger partial charge is 0.406 e. The van der Waals surface area contributed by atoms with Crippen LogP contribution in [-0.4, -0.2) is 46.0 Å². The number of benzene rings is 2. The third-order valence-electron chi connectivity index (χ3n) is 5.82. The monoisotopic (exact) mass is 496 g/mol. The Bertz CT molecular complexity index is 1360.